The van der Waals surface area contributed by atoms with E-state index in [9.17, 15) is 4.79 Å². The second-order valence-electron chi connectivity index (χ2n) is 6.84. The van der Waals surface area contributed by atoms with Crippen molar-refractivity contribution in [3.8, 4) is 0 Å². The highest BCUT2D eigenvalue weighted by atomic mass is 35.5. The summed E-state index contributed by atoms with van der Waals surface area (Å²) in [5, 5.41) is 2.09. The van der Waals surface area contributed by atoms with Crippen LogP contribution < -0.4 is 0 Å². The van der Waals surface area contributed by atoms with Gasteiger partial charge in [0.25, 0.3) is 5.91 Å². The van der Waals surface area contributed by atoms with Gasteiger partial charge in [0.15, 0.2) is 0 Å². The van der Waals surface area contributed by atoms with Gasteiger partial charge >= 0.3 is 0 Å². The lowest BCUT2D eigenvalue weighted by Crippen LogP contribution is -2.33. The van der Waals surface area contributed by atoms with Crippen LogP contribution in [-0.4, -0.2) is 27.3 Å². The first kappa shape index (κ1) is 19.1. The van der Waals surface area contributed by atoms with E-state index in [0.717, 1.165) is 22.8 Å². The predicted octanol–water partition coefficient (Wildman–Crippen LogP) is 5.17. The average Bonchev–Trinajstić information content (AvgIpc) is 2.77. The molecule has 0 fully saturated rings. The lowest BCUT2D eigenvalue weighted by Gasteiger charge is -2.23. The van der Waals surface area contributed by atoms with Gasteiger partial charge in [0.1, 0.15) is 10.8 Å². The first-order valence-corrected chi connectivity index (χ1v) is 9.86. The van der Waals surface area contributed by atoms with E-state index in [1.165, 1.54) is 5.56 Å². The Morgan fingerprint density at radius 3 is 2.41 bits per heavy atom. The molecule has 0 aliphatic rings. The number of halogens is 1. The maximum absolute atomic E-state index is 13.4. The van der Waals surface area contributed by atoms with Crippen molar-refractivity contribution in [2.75, 3.05) is 6.54 Å². The Kier molecular flexibility index (Phi) is 5.82. The molecule has 0 radical (unpaired) electrons. The van der Waals surface area contributed by atoms with Crippen molar-refractivity contribution in [2.45, 2.75) is 13.0 Å². The number of carbonyl (C=O) groups excluding carboxylic acids is 1. The van der Waals surface area contributed by atoms with Crippen LogP contribution >= 0.6 is 11.6 Å². The van der Waals surface area contributed by atoms with Crippen LogP contribution in [0.1, 0.15) is 21.6 Å². The van der Waals surface area contributed by atoms with Crippen LogP contribution in [0, 0.1) is 0 Å². The van der Waals surface area contributed by atoms with Gasteiger partial charge in [0.2, 0.25) is 0 Å². The fourth-order valence-corrected chi connectivity index (χ4v) is 3.56. The zero-order valence-corrected chi connectivity index (χ0v) is 16.6. The molecule has 0 bridgehead atoms. The molecule has 5 heteroatoms. The molecular weight excluding hydrogens is 382 g/mol. The number of rotatable bonds is 6. The Labute approximate surface area is 174 Å². The maximum Gasteiger partial charge on any atom is 0.272 e. The van der Waals surface area contributed by atoms with Crippen LogP contribution in [0.25, 0.3) is 10.8 Å². The summed E-state index contributed by atoms with van der Waals surface area (Å²) < 4.78 is 0. The quantitative estimate of drug-likeness (QED) is 0.419. The maximum atomic E-state index is 13.4. The molecule has 2 aromatic heterocycles. The third-order valence-electron chi connectivity index (χ3n) is 4.84. The van der Waals surface area contributed by atoms with E-state index in [0.29, 0.717) is 23.9 Å². The summed E-state index contributed by atoms with van der Waals surface area (Å²) in [4.78, 5) is 23.6. The molecule has 0 saturated carbocycles. The minimum Gasteiger partial charge on any atom is -0.333 e. The summed E-state index contributed by atoms with van der Waals surface area (Å²) in [5.74, 6) is -0.134. The number of pyridine rings is 2. The average molecular weight is 402 g/mol. The van der Waals surface area contributed by atoms with Crippen molar-refractivity contribution in [3.05, 3.63) is 107 Å². The topological polar surface area (TPSA) is 46.1 Å². The number of hydrogen-bond donors (Lipinski definition) is 0. The molecular formula is C24H20ClN3O. The highest BCUT2D eigenvalue weighted by Gasteiger charge is 2.19. The summed E-state index contributed by atoms with van der Waals surface area (Å²) in [6.07, 6.45) is 4.24. The Morgan fingerprint density at radius 2 is 1.62 bits per heavy atom. The number of hydrogen-bond acceptors (Lipinski definition) is 3. The first-order chi connectivity index (χ1) is 14.2. The summed E-state index contributed by atoms with van der Waals surface area (Å²) in [6, 6.07) is 23.5. The molecule has 29 heavy (non-hydrogen) atoms. The molecule has 0 atom stereocenters. The number of fused-ring (bicyclic) bond motifs is 1. The van der Waals surface area contributed by atoms with E-state index in [4.69, 9.17) is 11.6 Å². The molecule has 0 unspecified atom stereocenters. The standard InChI is InChI=1S/C24H20ClN3O/c25-23-21-9-5-4-8-20(21)16-22(27-23)24(29)28(17-19-10-13-26-14-11-19)15-12-18-6-2-1-3-7-18/h1-11,13-14,16H,12,15,17H2. The molecule has 2 heterocycles. The first-order valence-electron chi connectivity index (χ1n) is 9.48. The smallest absolute Gasteiger partial charge is 0.272 e. The third-order valence-corrected chi connectivity index (χ3v) is 5.12. The van der Waals surface area contributed by atoms with Gasteiger partial charge in [0, 0.05) is 30.9 Å². The van der Waals surface area contributed by atoms with E-state index < -0.39 is 0 Å². The Balaban J connectivity index is 1.63. The Bertz CT molecular complexity index is 1120. The second kappa shape index (κ2) is 8.84. The van der Waals surface area contributed by atoms with E-state index in [-0.39, 0.29) is 5.91 Å². The van der Waals surface area contributed by atoms with Gasteiger partial charge < -0.3 is 4.90 Å². The number of benzene rings is 2. The van der Waals surface area contributed by atoms with Crippen LogP contribution in [0.15, 0.2) is 85.2 Å². The van der Waals surface area contributed by atoms with Crippen molar-refractivity contribution < 1.29 is 4.79 Å². The van der Waals surface area contributed by atoms with E-state index in [1.807, 2.05) is 65.6 Å². The molecule has 0 saturated heterocycles. The number of aromatic nitrogens is 2. The molecule has 0 aliphatic carbocycles. The number of nitrogens with zero attached hydrogens (tertiary/aromatic N) is 3. The molecule has 2 aromatic carbocycles. The van der Waals surface area contributed by atoms with Gasteiger partial charge in [0.05, 0.1) is 0 Å². The molecule has 144 valence electrons. The van der Waals surface area contributed by atoms with Gasteiger partial charge in [-0.3, -0.25) is 9.78 Å². The van der Waals surface area contributed by atoms with Crippen LogP contribution in [-0.2, 0) is 13.0 Å². The van der Waals surface area contributed by atoms with E-state index in [2.05, 4.69) is 22.1 Å². The predicted molar refractivity (Wildman–Crippen MR) is 116 cm³/mol. The molecule has 0 N–H and O–H groups in total. The number of amides is 1. The van der Waals surface area contributed by atoms with Crippen LogP contribution in [0.5, 0.6) is 0 Å². The lowest BCUT2D eigenvalue weighted by molar-refractivity contribution is 0.0739. The second-order valence-corrected chi connectivity index (χ2v) is 7.20. The van der Waals surface area contributed by atoms with E-state index >= 15 is 0 Å². The van der Waals surface area contributed by atoms with Gasteiger partial charge in [-0.15, -0.1) is 0 Å². The highest BCUT2D eigenvalue weighted by molar-refractivity contribution is 6.34. The number of carbonyl (C=O) groups is 1. The summed E-state index contributed by atoms with van der Waals surface area (Å²) in [5.41, 5.74) is 2.56. The van der Waals surface area contributed by atoms with Crippen molar-refractivity contribution in [1.82, 2.24) is 14.9 Å². The molecule has 4 aromatic rings. The minimum atomic E-state index is -0.134. The molecule has 0 aliphatic heterocycles. The lowest BCUT2D eigenvalue weighted by atomic mass is 10.1. The molecule has 4 rings (SSSR count). The normalized spacial score (nSPS) is 10.8. The van der Waals surface area contributed by atoms with Crippen LogP contribution in [0.3, 0.4) is 0 Å². The fraction of sp³-hybridized carbons (Fsp3) is 0.125. The minimum absolute atomic E-state index is 0.134. The van der Waals surface area contributed by atoms with Crippen molar-refractivity contribution >= 4 is 28.3 Å². The molecule has 4 nitrogen and oxygen atoms in total. The van der Waals surface area contributed by atoms with Crippen LogP contribution in [0.2, 0.25) is 5.15 Å². The SMILES string of the molecule is O=C(c1cc2ccccc2c(Cl)n1)N(CCc1ccccc1)Cc1ccncc1. The largest absolute Gasteiger partial charge is 0.333 e. The van der Waals surface area contributed by atoms with Gasteiger partial charge in [-0.2, -0.15) is 0 Å². The van der Waals surface area contributed by atoms with E-state index in [1.54, 1.807) is 12.4 Å². The molecule has 0 spiro atoms. The van der Waals surface area contributed by atoms with Gasteiger partial charge in [-0.05, 0) is 41.1 Å². The van der Waals surface area contributed by atoms with Crippen LogP contribution in [0.4, 0.5) is 0 Å². The Hall–Kier alpha value is -3.24. The van der Waals surface area contributed by atoms with Gasteiger partial charge in [-0.1, -0.05) is 66.2 Å². The summed E-state index contributed by atoms with van der Waals surface area (Å²) in [6.45, 7) is 1.07. The zero-order chi connectivity index (χ0) is 20.1. The summed E-state index contributed by atoms with van der Waals surface area (Å²) >= 11 is 6.35. The monoisotopic (exact) mass is 401 g/mol. The van der Waals surface area contributed by atoms with Crippen molar-refractivity contribution in [2.24, 2.45) is 0 Å². The fourth-order valence-electron chi connectivity index (χ4n) is 3.30. The summed E-state index contributed by atoms with van der Waals surface area (Å²) in [7, 11) is 0. The van der Waals surface area contributed by atoms with Crippen molar-refractivity contribution in [1.29, 1.82) is 0 Å². The van der Waals surface area contributed by atoms with Crippen molar-refractivity contribution in [3.63, 3.8) is 0 Å². The molecule has 1 amide bonds. The third kappa shape index (κ3) is 4.61. The zero-order valence-electron chi connectivity index (χ0n) is 15.8. The Morgan fingerprint density at radius 1 is 0.897 bits per heavy atom. The van der Waals surface area contributed by atoms with Gasteiger partial charge in [-0.25, -0.2) is 4.98 Å². The highest BCUT2D eigenvalue weighted by Crippen LogP contribution is 2.23.